The van der Waals surface area contributed by atoms with Gasteiger partial charge in [0.15, 0.2) is 5.41 Å². The standard InChI is InChI=1S/C13H14ClNO2/c1-2-17-12(16)13(10-15,8-9-14)11-6-4-3-5-7-11/h3-7H,2,8-9H2,1H3. The molecule has 1 rings (SSSR count). The minimum atomic E-state index is -1.29. The number of halogens is 1. The summed E-state index contributed by atoms with van der Waals surface area (Å²) >= 11 is 5.70. The van der Waals surface area contributed by atoms with Crippen molar-refractivity contribution in [3.63, 3.8) is 0 Å². The van der Waals surface area contributed by atoms with Gasteiger partial charge in [-0.1, -0.05) is 30.3 Å². The molecule has 90 valence electrons. The highest BCUT2D eigenvalue weighted by molar-refractivity contribution is 6.18. The van der Waals surface area contributed by atoms with Gasteiger partial charge in [-0.25, -0.2) is 4.79 Å². The van der Waals surface area contributed by atoms with Crippen molar-refractivity contribution < 1.29 is 9.53 Å². The number of alkyl halides is 1. The molecule has 3 nitrogen and oxygen atoms in total. The van der Waals surface area contributed by atoms with Crippen LogP contribution in [0.25, 0.3) is 0 Å². The van der Waals surface area contributed by atoms with Crippen LogP contribution in [0.15, 0.2) is 30.3 Å². The number of esters is 1. The van der Waals surface area contributed by atoms with E-state index in [-0.39, 0.29) is 18.9 Å². The van der Waals surface area contributed by atoms with Gasteiger partial charge in [0, 0.05) is 5.88 Å². The quantitative estimate of drug-likeness (QED) is 0.597. The summed E-state index contributed by atoms with van der Waals surface area (Å²) in [5.41, 5.74) is -0.666. The molecule has 0 spiro atoms. The Kier molecular flexibility index (Phi) is 4.99. The van der Waals surface area contributed by atoms with Crippen LogP contribution in [0.4, 0.5) is 0 Å². The van der Waals surface area contributed by atoms with E-state index in [0.717, 1.165) is 0 Å². The number of nitriles is 1. The highest BCUT2D eigenvalue weighted by Crippen LogP contribution is 2.29. The Morgan fingerprint density at radius 2 is 2.12 bits per heavy atom. The van der Waals surface area contributed by atoms with Gasteiger partial charge in [0.1, 0.15) is 0 Å². The van der Waals surface area contributed by atoms with Crippen molar-refractivity contribution >= 4 is 17.6 Å². The summed E-state index contributed by atoms with van der Waals surface area (Å²) in [5.74, 6) is -0.310. The predicted octanol–water partition coefficient (Wildman–Crippen LogP) is 2.64. The fraction of sp³-hybridized carbons (Fsp3) is 0.385. The number of carbonyl (C=O) groups excluding carboxylic acids is 1. The largest absolute Gasteiger partial charge is 0.465 e. The zero-order valence-electron chi connectivity index (χ0n) is 9.65. The molecule has 0 aliphatic carbocycles. The highest BCUT2D eigenvalue weighted by atomic mass is 35.5. The molecule has 0 bridgehead atoms. The molecule has 0 amide bonds. The molecule has 0 aliphatic rings. The molecular weight excluding hydrogens is 238 g/mol. The number of hydrogen-bond acceptors (Lipinski definition) is 3. The summed E-state index contributed by atoms with van der Waals surface area (Å²) in [7, 11) is 0. The molecule has 1 unspecified atom stereocenters. The lowest BCUT2D eigenvalue weighted by atomic mass is 9.79. The first-order chi connectivity index (χ1) is 8.21. The van der Waals surface area contributed by atoms with Crippen LogP contribution in [0.2, 0.25) is 0 Å². The Morgan fingerprint density at radius 3 is 2.59 bits per heavy atom. The number of benzene rings is 1. The molecule has 17 heavy (non-hydrogen) atoms. The van der Waals surface area contributed by atoms with Crippen molar-refractivity contribution in [2.24, 2.45) is 0 Å². The predicted molar refractivity (Wildman–Crippen MR) is 65.7 cm³/mol. The van der Waals surface area contributed by atoms with Crippen molar-refractivity contribution in [3.8, 4) is 6.07 Å². The summed E-state index contributed by atoms with van der Waals surface area (Å²) in [4.78, 5) is 12.0. The number of carbonyl (C=O) groups is 1. The molecular formula is C13H14ClNO2. The topological polar surface area (TPSA) is 50.1 Å². The van der Waals surface area contributed by atoms with E-state index in [0.29, 0.717) is 5.56 Å². The van der Waals surface area contributed by atoms with E-state index in [1.807, 2.05) is 6.07 Å². The average molecular weight is 252 g/mol. The van der Waals surface area contributed by atoms with Crippen molar-refractivity contribution in [2.75, 3.05) is 12.5 Å². The third kappa shape index (κ3) is 2.78. The van der Waals surface area contributed by atoms with Crippen LogP contribution in [0.5, 0.6) is 0 Å². The molecule has 4 heteroatoms. The Labute approximate surface area is 106 Å². The van der Waals surface area contributed by atoms with Gasteiger partial charge in [-0.2, -0.15) is 5.26 Å². The average Bonchev–Trinajstić information content (AvgIpc) is 2.37. The number of ether oxygens (including phenoxy) is 1. The molecule has 0 saturated heterocycles. The number of hydrogen-bond donors (Lipinski definition) is 0. The lowest BCUT2D eigenvalue weighted by Crippen LogP contribution is -2.36. The van der Waals surface area contributed by atoms with Crippen LogP contribution in [-0.4, -0.2) is 18.5 Å². The number of nitrogens with zero attached hydrogens (tertiary/aromatic N) is 1. The van der Waals surface area contributed by atoms with Crippen LogP contribution in [0.1, 0.15) is 18.9 Å². The van der Waals surface area contributed by atoms with Crippen molar-refractivity contribution in [1.82, 2.24) is 0 Å². The summed E-state index contributed by atoms with van der Waals surface area (Å²) in [6.45, 7) is 1.96. The van der Waals surface area contributed by atoms with E-state index in [2.05, 4.69) is 6.07 Å². The van der Waals surface area contributed by atoms with E-state index >= 15 is 0 Å². The Balaban J connectivity index is 3.19. The van der Waals surface area contributed by atoms with Crippen LogP contribution in [0, 0.1) is 11.3 Å². The van der Waals surface area contributed by atoms with E-state index < -0.39 is 11.4 Å². The first-order valence-electron chi connectivity index (χ1n) is 5.41. The summed E-state index contributed by atoms with van der Waals surface area (Å²) in [5, 5.41) is 9.35. The van der Waals surface area contributed by atoms with Crippen molar-refractivity contribution in [3.05, 3.63) is 35.9 Å². The third-order valence-electron chi connectivity index (χ3n) is 2.55. The monoisotopic (exact) mass is 251 g/mol. The van der Waals surface area contributed by atoms with E-state index in [9.17, 15) is 10.1 Å². The number of rotatable bonds is 5. The summed E-state index contributed by atoms with van der Waals surface area (Å²) < 4.78 is 4.99. The van der Waals surface area contributed by atoms with Crippen LogP contribution >= 0.6 is 11.6 Å². The second-order valence-electron chi connectivity index (χ2n) is 3.54. The first kappa shape index (κ1) is 13.5. The molecule has 1 aromatic rings. The maximum absolute atomic E-state index is 12.0. The van der Waals surface area contributed by atoms with E-state index in [1.165, 1.54) is 0 Å². The zero-order chi connectivity index (χ0) is 12.7. The van der Waals surface area contributed by atoms with Gasteiger partial charge in [-0.3, -0.25) is 0 Å². The lowest BCUT2D eigenvalue weighted by molar-refractivity contribution is -0.148. The van der Waals surface area contributed by atoms with Gasteiger partial charge in [0.2, 0.25) is 0 Å². The van der Waals surface area contributed by atoms with Crippen molar-refractivity contribution in [1.29, 1.82) is 5.26 Å². The normalized spacial score (nSPS) is 13.5. The minimum absolute atomic E-state index is 0.223. The second kappa shape index (κ2) is 6.27. The molecule has 0 heterocycles. The lowest BCUT2D eigenvalue weighted by Gasteiger charge is -2.23. The molecule has 0 N–H and O–H groups in total. The Morgan fingerprint density at radius 1 is 1.47 bits per heavy atom. The zero-order valence-corrected chi connectivity index (χ0v) is 10.4. The second-order valence-corrected chi connectivity index (χ2v) is 3.92. The van der Waals surface area contributed by atoms with Gasteiger partial charge >= 0.3 is 5.97 Å². The molecule has 0 saturated carbocycles. The molecule has 0 aromatic heterocycles. The van der Waals surface area contributed by atoms with Gasteiger partial charge in [-0.15, -0.1) is 11.6 Å². The van der Waals surface area contributed by atoms with Crippen LogP contribution in [0.3, 0.4) is 0 Å². The van der Waals surface area contributed by atoms with Crippen LogP contribution < -0.4 is 0 Å². The smallest absolute Gasteiger partial charge is 0.331 e. The Hall–Kier alpha value is -1.53. The van der Waals surface area contributed by atoms with E-state index in [4.69, 9.17) is 16.3 Å². The SMILES string of the molecule is CCOC(=O)C(C#N)(CCCl)c1ccccc1. The van der Waals surface area contributed by atoms with Gasteiger partial charge in [0.05, 0.1) is 12.7 Å². The molecule has 1 aromatic carbocycles. The molecule has 0 fully saturated rings. The molecule has 1 atom stereocenters. The maximum atomic E-state index is 12.0. The fourth-order valence-corrected chi connectivity index (χ4v) is 1.93. The first-order valence-corrected chi connectivity index (χ1v) is 5.94. The maximum Gasteiger partial charge on any atom is 0.331 e. The minimum Gasteiger partial charge on any atom is -0.465 e. The van der Waals surface area contributed by atoms with Gasteiger partial charge in [-0.05, 0) is 18.9 Å². The summed E-state index contributed by atoms with van der Waals surface area (Å²) in [6.07, 6.45) is 0.244. The molecule has 0 radical (unpaired) electrons. The van der Waals surface area contributed by atoms with Crippen LogP contribution in [-0.2, 0) is 14.9 Å². The summed E-state index contributed by atoms with van der Waals surface area (Å²) in [6, 6.07) is 10.9. The van der Waals surface area contributed by atoms with Crippen molar-refractivity contribution in [2.45, 2.75) is 18.8 Å². The Bertz CT molecular complexity index is 413. The van der Waals surface area contributed by atoms with E-state index in [1.54, 1.807) is 31.2 Å². The highest BCUT2D eigenvalue weighted by Gasteiger charge is 2.41. The van der Waals surface area contributed by atoms with Gasteiger partial charge < -0.3 is 4.74 Å². The molecule has 0 aliphatic heterocycles. The van der Waals surface area contributed by atoms with Gasteiger partial charge in [0.25, 0.3) is 0 Å². The fourth-order valence-electron chi connectivity index (χ4n) is 1.65. The third-order valence-corrected chi connectivity index (χ3v) is 2.74.